The average Bonchev–Trinajstić information content (AvgIpc) is 2.20. The molecule has 0 aliphatic rings. The van der Waals surface area contributed by atoms with Gasteiger partial charge in [-0.05, 0) is 18.6 Å². The molecule has 0 unspecified atom stereocenters. The van der Waals surface area contributed by atoms with Crippen LogP contribution in [0.3, 0.4) is 0 Å². The predicted molar refractivity (Wildman–Crippen MR) is 60.0 cm³/mol. The van der Waals surface area contributed by atoms with Crippen molar-refractivity contribution in [2.24, 2.45) is 0 Å². The van der Waals surface area contributed by atoms with Crippen LogP contribution >= 0.6 is 0 Å². The second-order valence-corrected chi connectivity index (χ2v) is 3.61. The van der Waals surface area contributed by atoms with Crippen LogP contribution in [-0.4, -0.2) is 6.61 Å². The first-order valence-electron chi connectivity index (χ1n) is 5.35. The SMILES string of the molecule is CCCCCOCc1ccc(N)cc1F. The number of ether oxygens (including phenoxy) is 1. The van der Waals surface area contributed by atoms with E-state index in [0.29, 0.717) is 24.5 Å². The third kappa shape index (κ3) is 4.30. The average molecular weight is 211 g/mol. The Morgan fingerprint density at radius 2 is 2.13 bits per heavy atom. The fraction of sp³-hybridized carbons (Fsp3) is 0.500. The molecule has 2 nitrogen and oxygen atoms in total. The van der Waals surface area contributed by atoms with Crippen molar-refractivity contribution < 1.29 is 9.13 Å². The van der Waals surface area contributed by atoms with E-state index in [9.17, 15) is 4.39 Å². The molecule has 0 amide bonds. The summed E-state index contributed by atoms with van der Waals surface area (Å²) in [4.78, 5) is 0. The third-order valence-corrected chi connectivity index (χ3v) is 2.23. The number of halogens is 1. The van der Waals surface area contributed by atoms with Gasteiger partial charge >= 0.3 is 0 Å². The van der Waals surface area contributed by atoms with Gasteiger partial charge in [-0.25, -0.2) is 4.39 Å². The highest BCUT2D eigenvalue weighted by molar-refractivity contribution is 5.40. The first-order chi connectivity index (χ1) is 7.24. The normalized spacial score (nSPS) is 10.5. The molecule has 3 heteroatoms. The van der Waals surface area contributed by atoms with Gasteiger partial charge in [0.25, 0.3) is 0 Å². The molecule has 2 N–H and O–H groups in total. The number of unbranched alkanes of at least 4 members (excludes halogenated alkanes) is 2. The zero-order chi connectivity index (χ0) is 11.1. The number of nitrogen functional groups attached to an aromatic ring is 1. The molecule has 0 heterocycles. The molecule has 0 saturated carbocycles. The summed E-state index contributed by atoms with van der Waals surface area (Å²) in [7, 11) is 0. The Balaban J connectivity index is 2.31. The number of benzene rings is 1. The van der Waals surface area contributed by atoms with Gasteiger partial charge in [0, 0.05) is 17.9 Å². The highest BCUT2D eigenvalue weighted by Gasteiger charge is 2.01. The van der Waals surface area contributed by atoms with E-state index in [-0.39, 0.29) is 5.82 Å². The van der Waals surface area contributed by atoms with Crippen molar-refractivity contribution in [1.82, 2.24) is 0 Å². The van der Waals surface area contributed by atoms with Gasteiger partial charge in [-0.3, -0.25) is 0 Å². The molecule has 15 heavy (non-hydrogen) atoms. The molecular formula is C12H18FNO. The molecule has 0 aliphatic heterocycles. The van der Waals surface area contributed by atoms with E-state index >= 15 is 0 Å². The van der Waals surface area contributed by atoms with Gasteiger partial charge in [-0.1, -0.05) is 25.8 Å². The smallest absolute Gasteiger partial charge is 0.130 e. The van der Waals surface area contributed by atoms with Crippen molar-refractivity contribution in [3.05, 3.63) is 29.6 Å². The molecule has 1 aromatic carbocycles. The number of anilines is 1. The summed E-state index contributed by atoms with van der Waals surface area (Å²) >= 11 is 0. The van der Waals surface area contributed by atoms with E-state index in [0.717, 1.165) is 12.8 Å². The van der Waals surface area contributed by atoms with E-state index in [1.165, 1.54) is 12.5 Å². The van der Waals surface area contributed by atoms with Crippen molar-refractivity contribution in [3.63, 3.8) is 0 Å². The van der Waals surface area contributed by atoms with E-state index in [4.69, 9.17) is 10.5 Å². The number of hydrogen-bond donors (Lipinski definition) is 1. The van der Waals surface area contributed by atoms with E-state index in [1.54, 1.807) is 12.1 Å². The van der Waals surface area contributed by atoms with Gasteiger partial charge in [-0.15, -0.1) is 0 Å². The first-order valence-corrected chi connectivity index (χ1v) is 5.35. The van der Waals surface area contributed by atoms with Crippen LogP contribution < -0.4 is 5.73 Å². The second kappa shape index (κ2) is 6.40. The second-order valence-electron chi connectivity index (χ2n) is 3.61. The Kier molecular flexibility index (Phi) is 5.12. The predicted octanol–water partition coefficient (Wildman–Crippen LogP) is 3.11. The molecule has 0 bridgehead atoms. The van der Waals surface area contributed by atoms with Gasteiger partial charge in [0.15, 0.2) is 0 Å². The van der Waals surface area contributed by atoms with Crippen molar-refractivity contribution in [3.8, 4) is 0 Å². The summed E-state index contributed by atoms with van der Waals surface area (Å²) in [6.07, 6.45) is 3.36. The van der Waals surface area contributed by atoms with Crippen molar-refractivity contribution in [2.45, 2.75) is 32.8 Å². The minimum Gasteiger partial charge on any atom is -0.399 e. The Labute approximate surface area is 90.2 Å². The molecular weight excluding hydrogens is 193 g/mol. The fourth-order valence-corrected chi connectivity index (χ4v) is 1.32. The maximum Gasteiger partial charge on any atom is 0.130 e. The summed E-state index contributed by atoms with van der Waals surface area (Å²) in [5.74, 6) is -0.287. The fourth-order valence-electron chi connectivity index (χ4n) is 1.32. The topological polar surface area (TPSA) is 35.2 Å². The molecule has 0 radical (unpaired) electrons. The molecule has 1 rings (SSSR count). The van der Waals surface area contributed by atoms with Crippen LogP contribution in [0.2, 0.25) is 0 Å². The van der Waals surface area contributed by atoms with Gasteiger partial charge in [0.2, 0.25) is 0 Å². The summed E-state index contributed by atoms with van der Waals surface area (Å²) < 4.78 is 18.6. The van der Waals surface area contributed by atoms with Crippen LogP contribution in [0.15, 0.2) is 18.2 Å². The largest absolute Gasteiger partial charge is 0.399 e. The van der Waals surface area contributed by atoms with Crippen molar-refractivity contribution in [2.75, 3.05) is 12.3 Å². The Morgan fingerprint density at radius 3 is 2.80 bits per heavy atom. The van der Waals surface area contributed by atoms with E-state index in [1.807, 2.05) is 0 Å². The van der Waals surface area contributed by atoms with Gasteiger partial charge in [0.05, 0.1) is 6.61 Å². The summed E-state index contributed by atoms with van der Waals surface area (Å²) in [6.45, 7) is 3.16. The lowest BCUT2D eigenvalue weighted by Gasteiger charge is -2.05. The summed E-state index contributed by atoms with van der Waals surface area (Å²) in [5, 5.41) is 0. The highest BCUT2D eigenvalue weighted by atomic mass is 19.1. The third-order valence-electron chi connectivity index (χ3n) is 2.23. The van der Waals surface area contributed by atoms with Crippen molar-refractivity contribution >= 4 is 5.69 Å². The quantitative estimate of drug-likeness (QED) is 0.579. The van der Waals surface area contributed by atoms with Crippen LogP contribution in [0.1, 0.15) is 31.7 Å². The molecule has 1 aromatic rings. The lowest BCUT2D eigenvalue weighted by molar-refractivity contribution is 0.115. The van der Waals surface area contributed by atoms with Crippen LogP contribution in [0.25, 0.3) is 0 Å². The minimum absolute atomic E-state index is 0.287. The lowest BCUT2D eigenvalue weighted by Crippen LogP contribution is -1.99. The maximum atomic E-state index is 13.3. The van der Waals surface area contributed by atoms with Crippen molar-refractivity contribution in [1.29, 1.82) is 0 Å². The Hall–Kier alpha value is -1.09. The molecule has 0 aliphatic carbocycles. The van der Waals surface area contributed by atoms with Crippen LogP contribution in [-0.2, 0) is 11.3 Å². The maximum absolute atomic E-state index is 13.3. The number of hydrogen-bond acceptors (Lipinski definition) is 2. The Bertz CT molecular complexity index is 302. The molecule has 0 aromatic heterocycles. The molecule has 0 spiro atoms. The first kappa shape index (κ1) is 12.0. The van der Waals surface area contributed by atoms with E-state index < -0.39 is 0 Å². The highest BCUT2D eigenvalue weighted by Crippen LogP contribution is 2.12. The molecule has 84 valence electrons. The van der Waals surface area contributed by atoms with Gasteiger partial charge in [-0.2, -0.15) is 0 Å². The van der Waals surface area contributed by atoms with Crippen LogP contribution in [0.5, 0.6) is 0 Å². The Morgan fingerprint density at radius 1 is 1.33 bits per heavy atom. The summed E-state index contributed by atoms with van der Waals surface area (Å²) in [6, 6.07) is 4.68. The van der Waals surface area contributed by atoms with Gasteiger partial charge in [0.1, 0.15) is 5.82 Å². The standard InChI is InChI=1S/C12H18FNO/c1-2-3-4-7-15-9-10-5-6-11(14)8-12(10)13/h5-6,8H,2-4,7,9,14H2,1H3. The summed E-state index contributed by atoms with van der Waals surface area (Å²) in [5.41, 5.74) is 6.46. The number of rotatable bonds is 6. The molecule has 0 atom stereocenters. The molecule has 0 fully saturated rings. The molecule has 0 saturated heterocycles. The van der Waals surface area contributed by atoms with Gasteiger partial charge < -0.3 is 10.5 Å². The zero-order valence-electron chi connectivity index (χ0n) is 9.13. The lowest BCUT2D eigenvalue weighted by atomic mass is 10.2. The minimum atomic E-state index is -0.287. The van der Waals surface area contributed by atoms with Crippen LogP contribution in [0.4, 0.5) is 10.1 Å². The zero-order valence-corrected chi connectivity index (χ0v) is 9.13. The monoisotopic (exact) mass is 211 g/mol. The number of nitrogens with two attached hydrogens (primary N) is 1. The van der Waals surface area contributed by atoms with Crippen LogP contribution in [0, 0.1) is 5.82 Å². The van der Waals surface area contributed by atoms with E-state index in [2.05, 4.69) is 6.92 Å².